The van der Waals surface area contributed by atoms with Crippen molar-refractivity contribution in [1.82, 2.24) is 14.9 Å². The molecule has 5 nitrogen and oxygen atoms in total. The van der Waals surface area contributed by atoms with E-state index >= 15 is 0 Å². The molecule has 1 saturated heterocycles. The van der Waals surface area contributed by atoms with Gasteiger partial charge in [-0.25, -0.2) is 0 Å². The molecule has 182 valence electrons. The lowest BCUT2D eigenvalue weighted by Crippen LogP contribution is -2.31. The molecule has 1 N–H and O–H groups in total. The van der Waals surface area contributed by atoms with Gasteiger partial charge in [0.15, 0.2) is 0 Å². The van der Waals surface area contributed by atoms with Crippen LogP contribution in [0.25, 0.3) is 0 Å². The minimum absolute atomic E-state index is 0.187. The van der Waals surface area contributed by atoms with Crippen molar-refractivity contribution in [2.75, 3.05) is 19.7 Å². The van der Waals surface area contributed by atoms with Crippen LogP contribution in [0.15, 0.2) is 42.8 Å². The average molecular weight is 462 g/mol. The summed E-state index contributed by atoms with van der Waals surface area (Å²) in [7, 11) is 0. The third-order valence-electron chi connectivity index (χ3n) is 7.93. The van der Waals surface area contributed by atoms with Crippen LogP contribution in [0.5, 0.6) is 0 Å². The summed E-state index contributed by atoms with van der Waals surface area (Å²) in [6.07, 6.45) is 14.9. The maximum Gasteiger partial charge on any atom is 0.107 e. The van der Waals surface area contributed by atoms with Crippen LogP contribution in [0.2, 0.25) is 0 Å². The molecule has 2 aromatic rings. The van der Waals surface area contributed by atoms with Gasteiger partial charge < -0.3 is 9.84 Å². The summed E-state index contributed by atoms with van der Waals surface area (Å²) < 4.78 is 6.25. The van der Waals surface area contributed by atoms with Gasteiger partial charge in [0.2, 0.25) is 0 Å². The van der Waals surface area contributed by atoms with Gasteiger partial charge >= 0.3 is 0 Å². The van der Waals surface area contributed by atoms with Crippen LogP contribution in [0.1, 0.15) is 91.5 Å². The zero-order valence-corrected chi connectivity index (χ0v) is 20.4. The standard InChI is InChI=1S/C29H39N3O2/c1-21(33)29(26-12-7-17-30-28(26)23-9-6-10-23)32-18-16-25(20-32)34-19-5-4-11-24-15-14-22-8-2-3-13-27(22)31-24/h7,12,14-15,17,23,25,29,33H,1-6,8-11,13,16,18-20H2/t25-,29?/m1/s1. The van der Waals surface area contributed by atoms with Crippen LogP contribution in [-0.4, -0.2) is 45.8 Å². The molecule has 3 heterocycles. The van der Waals surface area contributed by atoms with Gasteiger partial charge in [0.1, 0.15) is 5.76 Å². The number of pyridine rings is 2. The molecule has 2 fully saturated rings. The summed E-state index contributed by atoms with van der Waals surface area (Å²) in [5.74, 6) is 0.740. The summed E-state index contributed by atoms with van der Waals surface area (Å²) in [6, 6.07) is 8.43. The van der Waals surface area contributed by atoms with E-state index in [9.17, 15) is 5.11 Å². The van der Waals surface area contributed by atoms with Gasteiger partial charge in [-0.3, -0.25) is 14.9 Å². The molecule has 1 saturated carbocycles. The van der Waals surface area contributed by atoms with E-state index in [2.05, 4.69) is 29.7 Å². The van der Waals surface area contributed by atoms with Crippen molar-refractivity contribution in [2.45, 2.75) is 88.7 Å². The number of hydrogen-bond donors (Lipinski definition) is 1. The molecule has 2 aliphatic carbocycles. The van der Waals surface area contributed by atoms with Crippen molar-refractivity contribution in [3.05, 3.63) is 71.0 Å². The highest BCUT2D eigenvalue weighted by molar-refractivity contribution is 5.32. The Hall–Kier alpha value is -2.24. The molecule has 2 aromatic heterocycles. The topological polar surface area (TPSA) is 58.5 Å². The van der Waals surface area contributed by atoms with Crippen molar-refractivity contribution < 1.29 is 9.84 Å². The van der Waals surface area contributed by atoms with E-state index in [4.69, 9.17) is 14.7 Å². The zero-order valence-electron chi connectivity index (χ0n) is 20.4. The Morgan fingerprint density at radius 1 is 1.12 bits per heavy atom. The molecule has 0 radical (unpaired) electrons. The summed E-state index contributed by atoms with van der Waals surface area (Å²) in [6.45, 7) is 6.45. The number of aromatic nitrogens is 2. The quantitative estimate of drug-likeness (QED) is 0.355. The minimum Gasteiger partial charge on any atom is -0.511 e. The molecular weight excluding hydrogens is 422 g/mol. The van der Waals surface area contributed by atoms with Crippen molar-refractivity contribution in [2.24, 2.45) is 0 Å². The number of aliphatic hydroxyl groups excluding tert-OH is 1. The fourth-order valence-corrected chi connectivity index (χ4v) is 5.82. The fraction of sp³-hybridized carbons (Fsp3) is 0.586. The number of unbranched alkanes of at least 4 members (excludes halogenated alkanes) is 1. The monoisotopic (exact) mass is 461 g/mol. The SMILES string of the molecule is C=C(O)C(c1cccnc1C1CCC1)N1CC[C@@H](OCCCCc2ccc3c(n2)CCCC3)C1. The predicted molar refractivity (Wildman–Crippen MR) is 135 cm³/mol. The maximum atomic E-state index is 10.5. The Labute approximate surface area is 204 Å². The Morgan fingerprint density at radius 2 is 2.00 bits per heavy atom. The van der Waals surface area contributed by atoms with Gasteiger partial charge in [-0.2, -0.15) is 0 Å². The van der Waals surface area contributed by atoms with Crippen molar-refractivity contribution in [3.63, 3.8) is 0 Å². The molecule has 2 atom stereocenters. The normalized spacial score (nSPS) is 21.7. The Balaban J connectivity index is 1.09. The third kappa shape index (κ3) is 5.36. The number of hydrogen-bond acceptors (Lipinski definition) is 5. The highest BCUT2D eigenvalue weighted by Crippen LogP contribution is 2.41. The van der Waals surface area contributed by atoms with Gasteiger partial charge in [0.25, 0.3) is 0 Å². The summed E-state index contributed by atoms with van der Waals surface area (Å²) in [5.41, 5.74) is 6.29. The predicted octanol–water partition coefficient (Wildman–Crippen LogP) is 5.85. The molecule has 3 aliphatic rings. The molecule has 0 amide bonds. The molecule has 5 rings (SSSR count). The van der Waals surface area contributed by atoms with Gasteiger partial charge in [-0.15, -0.1) is 0 Å². The summed E-state index contributed by atoms with van der Waals surface area (Å²) >= 11 is 0. The first-order chi connectivity index (χ1) is 16.7. The first-order valence-corrected chi connectivity index (χ1v) is 13.3. The molecule has 1 unspecified atom stereocenters. The Bertz CT molecular complexity index is 987. The first-order valence-electron chi connectivity index (χ1n) is 13.3. The second kappa shape index (κ2) is 11.0. The number of likely N-dealkylation sites (tertiary alicyclic amines) is 1. The van der Waals surface area contributed by atoms with Gasteiger partial charge in [-0.05, 0) is 87.5 Å². The first kappa shape index (κ1) is 23.5. The summed E-state index contributed by atoms with van der Waals surface area (Å²) in [4.78, 5) is 11.9. The van der Waals surface area contributed by atoms with E-state index in [0.29, 0.717) is 5.92 Å². The number of ether oxygens (including phenoxy) is 1. The van der Waals surface area contributed by atoms with E-state index in [1.807, 2.05) is 12.3 Å². The van der Waals surface area contributed by atoms with Gasteiger partial charge in [-0.1, -0.05) is 25.1 Å². The Morgan fingerprint density at radius 3 is 2.82 bits per heavy atom. The number of aryl methyl sites for hydroxylation is 3. The number of fused-ring (bicyclic) bond motifs is 1. The van der Waals surface area contributed by atoms with Gasteiger partial charge in [0, 0.05) is 48.9 Å². The van der Waals surface area contributed by atoms with Crippen molar-refractivity contribution in [3.8, 4) is 0 Å². The second-order valence-corrected chi connectivity index (χ2v) is 10.3. The average Bonchev–Trinajstić information content (AvgIpc) is 3.27. The lowest BCUT2D eigenvalue weighted by atomic mass is 9.79. The van der Waals surface area contributed by atoms with Crippen LogP contribution in [-0.2, 0) is 24.0 Å². The number of rotatable bonds is 10. The van der Waals surface area contributed by atoms with E-state index in [1.165, 1.54) is 55.5 Å². The van der Waals surface area contributed by atoms with E-state index in [1.54, 1.807) is 0 Å². The molecule has 0 aromatic carbocycles. The molecule has 5 heteroatoms. The van der Waals surface area contributed by atoms with Gasteiger partial charge in [0.05, 0.1) is 12.1 Å². The van der Waals surface area contributed by atoms with Crippen LogP contribution < -0.4 is 0 Å². The number of nitrogens with zero attached hydrogens (tertiary/aromatic N) is 3. The van der Waals surface area contributed by atoms with Crippen LogP contribution >= 0.6 is 0 Å². The highest BCUT2D eigenvalue weighted by Gasteiger charge is 2.35. The largest absolute Gasteiger partial charge is 0.511 e. The molecule has 0 spiro atoms. The van der Waals surface area contributed by atoms with Crippen molar-refractivity contribution in [1.29, 1.82) is 0 Å². The minimum atomic E-state index is -0.187. The zero-order chi connectivity index (χ0) is 23.3. The number of aliphatic hydroxyl groups is 1. The fourth-order valence-electron chi connectivity index (χ4n) is 5.82. The third-order valence-corrected chi connectivity index (χ3v) is 7.93. The smallest absolute Gasteiger partial charge is 0.107 e. The Kier molecular flexibility index (Phi) is 7.60. The molecule has 34 heavy (non-hydrogen) atoms. The lowest BCUT2D eigenvalue weighted by molar-refractivity contribution is 0.0523. The van der Waals surface area contributed by atoms with E-state index < -0.39 is 0 Å². The van der Waals surface area contributed by atoms with Crippen LogP contribution in [0, 0.1) is 0 Å². The highest BCUT2D eigenvalue weighted by atomic mass is 16.5. The van der Waals surface area contributed by atoms with E-state index in [-0.39, 0.29) is 17.9 Å². The van der Waals surface area contributed by atoms with Crippen LogP contribution in [0.3, 0.4) is 0 Å². The second-order valence-electron chi connectivity index (χ2n) is 10.3. The lowest BCUT2D eigenvalue weighted by Gasteiger charge is -2.32. The summed E-state index contributed by atoms with van der Waals surface area (Å²) in [5, 5.41) is 10.5. The van der Waals surface area contributed by atoms with Crippen molar-refractivity contribution >= 4 is 0 Å². The van der Waals surface area contributed by atoms with Crippen LogP contribution in [0.4, 0.5) is 0 Å². The maximum absolute atomic E-state index is 10.5. The molecule has 0 bridgehead atoms. The van der Waals surface area contributed by atoms with E-state index in [0.717, 1.165) is 63.1 Å². The molecular formula is C29H39N3O2. The molecule has 1 aliphatic heterocycles.